The van der Waals surface area contributed by atoms with Crippen molar-refractivity contribution in [2.24, 2.45) is 0 Å². The van der Waals surface area contributed by atoms with Crippen LogP contribution >= 0.6 is 0 Å². The molecule has 2 N–H and O–H groups in total. The molecule has 0 unspecified atom stereocenters. The number of benzene rings is 1. The quantitative estimate of drug-likeness (QED) is 0.888. The molecule has 23 heavy (non-hydrogen) atoms. The van der Waals surface area contributed by atoms with Gasteiger partial charge in [0, 0.05) is 29.9 Å². The molecule has 2 bridgehead atoms. The van der Waals surface area contributed by atoms with Gasteiger partial charge in [-0.1, -0.05) is 24.6 Å². The number of nitrogens with zero attached hydrogens (tertiary/aromatic N) is 1. The highest BCUT2D eigenvalue weighted by Gasteiger charge is 2.39. The number of para-hydroxylation sites is 1. The van der Waals surface area contributed by atoms with E-state index in [2.05, 4.69) is 29.4 Å². The molecular formula is C19H29N3O. The Morgan fingerprint density at radius 2 is 1.83 bits per heavy atom. The van der Waals surface area contributed by atoms with Crippen molar-refractivity contribution in [3.8, 4) is 0 Å². The lowest BCUT2D eigenvalue weighted by Gasteiger charge is -2.51. The van der Waals surface area contributed by atoms with Crippen LogP contribution in [0.3, 0.4) is 0 Å². The largest absolute Gasteiger partial charge is 0.335 e. The number of rotatable bonds is 3. The maximum absolute atomic E-state index is 12.3. The highest BCUT2D eigenvalue weighted by atomic mass is 16.2. The summed E-state index contributed by atoms with van der Waals surface area (Å²) in [6.45, 7) is 6.61. The first kappa shape index (κ1) is 16.3. The lowest BCUT2D eigenvalue weighted by atomic mass is 9.81. The van der Waals surface area contributed by atoms with Gasteiger partial charge >= 0.3 is 6.03 Å². The zero-order chi connectivity index (χ0) is 16.4. The maximum atomic E-state index is 12.3. The molecular weight excluding hydrogens is 286 g/mol. The molecule has 126 valence electrons. The van der Waals surface area contributed by atoms with Crippen molar-refractivity contribution in [3.63, 3.8) is 0 Å². The van der Waals surface area contributed by atoms with Crippen LogP contribution in [-0.2, 0) is 0 Å². The summed E-state index contributed by atoms with van der Waals surface area (Å²) in [7, 11) is 0. The van der Waals surface area contributed by atoms with E-state index in [-0.39, 0.29) is 6.03 Å². The summed E-state index contributed by atoms with van der Waals surface area (Å²) in [5, 5.41) is 6.20. The van der Waals surface area contributed by atoms with E-state index in [9.17, 15) is 4.79 Å². The van der Waals surface area contributed by atoms with Crippen molar-refractivity contribution in [3.05, 3.63) is 29.8 Å². The molecule has 1 aromatic carbocycles. The van der Waals surface area contributed by atoms with E-state index in [0.717, 1.165) is 24.1 Å². The van der Waals surface area contributed by atoms with Crippen molar-refractivity contribution < 1.29 is 4.79 Å². The molecule has 2 fully saturated rings. The molecule has 0 aliphatic carbocycles. The van der Waals surface area contributed by atoms with E-state index in [1.165, 1.54) is 19.3 Å². The summed E-state index contributed by atoms with van der Waals surface area (Å²) in [6, 6.07) is 10.00. The number of hydrogen-bond acceptors (Lipinski definition) is 2. The fraction of sp³-hybridized carbons (Fsp3) is 0.632. The zero-order valence-electron chi connectivity index (χ0n) is 14.5. The molecule has 2 aliphatic rings. The van der Waals surface area contributed by atoms with Gasteiger partial charge in [-0.15, -0.1) is 0 Å². The molecule has 4 nitrogen and oxygen atoms in total. The fourth-order valence-corrected chi connectivity index (χ4v) is 4.44. The second-order valence-electron chi connectivity index (χ2n) is 7.36. The summed E-state index contributed by atoms with van der Waals surface area (Å²) >= 11 is 0. The molecule has 0 saturated carbocycles. The summed E-state index contributed by atoms with van der Waals surface area (Å²) in [6.07, 6.45) is 6.03. The number of urea groups is 1. The topological polar surface area (TPSA) is 44.4 Å². The number of carbonyl (C=O) groups excluding carboxylic acids is 1. The average molecular weight is 315 g/mol. The Morgan fingerprint density at radius 1 is 1.17 bits per heavy atom. The van der Waals surface area contributed by atoms with Crippen LogP contribution in [0.5, 0.6) is 0 Å². The predicted octanol–water partition coefficient (Wildman–Crippen LogP) is 3.91. The normalized spacial score (nSPS) is 27.7. The van der Waals surface area contributed by atoms with E-state index >= 15 is 0 Å². The van der Waals surface area contributed by atoms with Crippen LogP contribution in [0.15, 0.2) is 24.3 Å². The number of amides is 2. The fourth-order valence-electron chi connectivity index (χ4n) is 4.44. The summed E-state index contributed by atoms with van der Waals surface area (Å²) in [5.41, 5.74) is 1.99. The van der Waals surface area contributed by atoms with Gasteiger partial charge in [0.15, 0.2) is 0 Å². The third-order valence-electron chi connectivity index (χ3n) is 5.36. The van der Waals surface area contributed by atoms with Gasteiger partial charge < -0.3 is 10.6 Å². The first-order chi connectivity index (χ1) is 11.0. The smallest absolute Gasteiger partial charge is 0.319 e. The lowest BCUT2D eigenvalue weighted by molar-refractivity contribution is 0.00233. The highest BCUT2D eigenvalue weighted by molar-refractivity contribution is 5.90. The summed E-state index contributed by atoms with van der Waals surface area (Å²) < 4.78 is 0. The Balaban J connectivity index is 1.59. The number of carbonyl (C=O) groups is 1. The molecule has 2 aliphatic heterocycles. The number of anilines is 1. The maximum Gasteiger partial charge on any atom is 0.319 e. The molecule has 2 amide bonds. The van der Waals surface area contributed by atoms with E-state index < -0.39 is 0 Å². The van der Waals surface area contributed by atoms with Crippen molar-refractivity contribution in [2.75, 3.05) is 5.32 Å². The van der Waals surface area contributed by atoms with Gasteiger partial charge in [0.05, 0.1) is 0 Å². The van der Waals surface area contributed by atoms with Gasteiger partial charge in [-0.05, 0) is 58.1 Å². The molecule has 2 saturated heterocycles. The number of fused-ring (bicyclic) bond motifs is 2. The first-order valence-corrected chi connectivity index (χ1v) is 8.95. The molecule has 1 aromatic rings. The van der Waals surface area contributed by atoms with Crippen LogP contribution in [0.4, 0.5) is 10.5 Å². The summed E-state index contributed by atoms with van der Waals surface area (Å²) in [4.78, 5) is 15.0. The SMILES string of the molecule is Cc1ccccc1NC(=O)NC1C[C@H]2CCC[C@H](C1)N2C(C)C. The van der Waals surface area contributed by atoms with E-state index in [1.54, 1.807) is 0 Å². The Bertz CT molecular complexity index is 543. The van der Waals surface area contributed by atoms with Gasteiger partial charge in [0.1, 0.15) is 0 Å². The minimum atomic E-state index is -0.0691. The third kappa shape index (κ3) is 3.69. The molecule has 0 radical (unpaired) electrons. The first-order valence-electron chi connectivity index (χ1n) is 8.95. The standard InChI is InChI=1S/C19H29N3O/c1-13(2)22-16-8-6-9-17(22)12-15(11-16)20-19(23)21-18-10-5-4-7-14(18)3/h4-5,7,10,13,15-17H,6,8-9,11-12H2,1-3H3,(H2,20,21,23)/t16-,17-/m1/s1. The Morgan fingerprint density at radius 3 is 2.43 bits per heavy atom. The molecule has 0 aromatic heterocycles. The van der Waals surface area contributed by atoms with Crippen molar-refractivity contribution >= 4 is 11.7 Å². The van der Waals surface area contributed by atoms with Gasteiger partial charge in [-0.2, -0.15) is 0 Å². The van der Waals surface area contributed by atoms with Crippen molar-refractivity contribution in [1.29, 1.82) is 0 Å². The third-order valence-corrected chi connectivity index (χ3v) is 5.36. The van der Waals surface area contributed by atoms with Gasteiger partial charge in [0.2, 0.25) is 0 Å². The molecule has 4 heteroatoms. The molecule has 2 heterocycles. The minimum Gasteiger partial charge on any atom is -0.335 e. The number of hydrogen-bond donors (Lipinski definition) is 2. The van der Waals surface area contributed by atoms with Crippen LogP contribution < -0.4 is 10.6 Å². The molecule has 3 rings (SSSR count). The van der Waals surface area contributed by atoms with Crippen LogP contribution in [0.25, 0.3) is 0 Å². The van der Waals surface area contributed by atoms with E-state index in [1.807, 2.05) is 31.2 Å². The number of piperidine rings is 2. The number of nitrogens with one attached hydrogen (secondary N) is 2. The van der Waals surface area contributed by atoms with Crippen LogP contribution in [0.1, 0.15) is 51.5 Å². The van der Waals surface area contributed by atoms with E-state index in [4.69, 9.17) is 0 Å². The van der Waals surface area contributed by atoms with Gasteiger partial charge in [-0.3, -0.25) is 4.90 Å². The Kier molecular flexibility index (Phi) is 4.90. The molecule has 0 spiro atoms. The highest BCUT2D eigenvalue weighted by Crippen LogP contribution is 2.35. The van der Waals surface area contributed by atoms with Crippen molar-refractivity contribution in [2.45, 2.75) is 77.0 Å². The second-order valence-corrected chi connectivity index (χ2v) is 7.36. The van der Waals surface area contributed by atoms with Crippen molar-refractivity contribution in [1.82, 2.24) is 10.2 Å². The van der Waals surface area contributed by atoms with Gasteiger partial charge in [-0.25, -0.2) is 4.79 Å². The second kappa shape index (κ2) is 6.91. The Hall–Kier alpha value is -1.55. The minimum absolute atomic E-state index is 0.0691. The number of aryl methyl sites for hydroxylation is 1. The van der Waals surface area contributed by atoms with Gasteiger partial charge in [0.25, 0.3) is 0 Å². The lowest BCUT2D eigenvalue weighted by Crippen LogP contribution is -2.59. The van der Waals surface area contributed by atoms with Crippen LogP contribution in [-0.4, -0.2) is 35.1 Å². The van der Waals surface area contributed by atoms with E-state index in [0.29, 0.717) is 24.2 Å². The summed E-state index contributed by atoms with van der Waals surface area (Å²) in [5.74, 6) is 0. The monoisotopic (exact) mass is 315 g/mol. The Labute approximate surface area is 139 Å². The van der Waals surface area contributed by atoms with Crippen LogP contribution in [0, 0.1) is 6.92 Å². The van der Waals surface area contributed by atoms with Crippen LogP contribution in [0.2, 0.25) is 0 Å². The zero-order valence-corrected chi connectivity index (χ0v) is 14.5. The predicted molar refractivity (Wildman–Crippen MR) is 94.8 cm³/mol. The average Bonchev–Trinajstić information content (AvgIpc) is 2.48. The molecule has 2 atom stereocenters.